The second kappa shape index (κ2) is 7.23. The lowest BCUT2D eigenvalue weighted by Crippen LogP contribution is -2.46. The van der Waals surface area contributed by atoms with Crippen LogP contribution in [0, 0.1) is 0 Å². The SMILES string of the molecule is O=c1[nH]c(CN2CCN(c3ccc(C(F)(F)F)cn3)CC2)nc2ccccc12. The van der Waals surface area contributed by atoms with E-state index in [0.717, 1.165) is 12.3 Å². The van der Waals surface area contributed by atoms with E-state index in [2.05, 4.69) is 19.9 Å². The Balaban J connectivity index is 1.40. The summed E-state index contributed by atoms with van der Waals surface area (Å²) in [7, 11) is 0. The predicted molar refractivity (Wildman–Crippen MR) is 99.1 cm³/mol. The van der Waals surface area contributed by atoms with Gasteiger partial charge in [0.25, 0.3) is 5.56 Å². The van der Waals surface area contributed by atoms with Gasteiger partial charge in [-0.3, -0.25) is 9.69 Å². The van der Waals surface area contributed by atoms with Gasteiger partial charge in [0, 0.05) is 32.4 Å². The lowest BCUT2D eigenvalue weighted by molar-refractivity contribution is -0.137. The molecule has 1 aromatic carbocycles. The summed E-state index contributed by atoms with van der Waals surface area (Å²) >= 11 is 0. The van der Waals surface area contributed by atoms with Crippen LogP contribution in [0.5, 0.6) is 0 Å². The van der Waals surface area contributed by atoms with Gasteiger partial charge in [0.1, 0.15) is 11.6 Å². The Kier molecular flexibility index (Phi) is 4.76. The summed E-state index contributed by atoms with van der Waals surface area (Å²) in [6, 6.07) is 9.64. The molecule has 0 atom stereocenters. The van der Waals surface area contributed by atoms with E-state index in [1.165, 1.54) is 6.07 Å². The van der Waals surface area contributed by atoms with Crippen LogP contribution in [-0.2, 0) is 12.7 Å². The Morgan fingerprint density at radius 1 is 1.04 bits per heavy atom. The third kappa shape index (κ3) is 3.84. The summed E-state index contributed by atoms with van der Waals surface area (Å²) in [5.41, 5.74) is -0.247. The maximum atomic E-state index is 12.7. The quantitative estimate of drug-likeness (QED) is 0.746. The van der Waals surface area contributed by atoms with Crippen LogP contribution in [0.2, 0.25) is 0 Å². The summed E-state index contributed by atoms with van der Waals surface area (Å²) in [4.78, 5) is 27.5. The summed E-state index contributed by atoms with van der Waals surface area (Å²) in [5, 5.41) is 0.560. The number of aromatic amines is 1. The fourth-order valence-electron chi connectivity index (χ4n) is 3.30. The zero-order valence-corrected chi connectivity index (χ0v) is 14.9. The standard InChI is InChI=1S/C19H18F3N5O/c20-19(21,22)13-5-6-17(23-11-13)27-9-7-26(8-10-27)12-16-24-15-4-2-1-3-14(15)18(28)25-16/h1-6,11H,7-10,12H2,(H,24,25,28). The van der Waals surface area contributed by atoms with E-state index in [0.29, 0.717) is 55.3 Å². The lowest BCUT2D eigenvalue weighted by Gasteiger charge is -2.35. The molecule has 1 fully saturated rings. The number of fused-ring (bicyclic) bond motifs is 1. The van der Waals surface area contributed by atoms with Gasteiger partial charge in [-0.2, -0.15) is 13.2 Å². The zero-order chi connectivity index (χ0) is 19.7. The molecule has 6 nitrogen and oxygen atoms in total. The minimum absolute atomic E-state index is 0.159. The number of rotatable bonds is 3. The molecule has 0 saturated carbocycles. The first-order valence-electron chi connectivity index (χ1n) is 8.89. The summed E-state index contributed by atoms with van der Waals surface area (Å²) in [5.74, 6) is 1.13. The molecular formula is C19H18F3N5O. The molecule has 4 rings (SSSR count). The van der Waals surface area contributed by atoms with Gasteiger partial charge in [-0.05, 0) is 24.3 Å². The van der Waals surface area contributed by atoms with E-state index < -0.39 is 11.7 Å². The molecule has 0 amide bonds. The van der Waals surface area contributed by atoms with Gasteiger partial charge in [-0.1, -0.05) is 12.1 Å². The smallest absolute Gasteiger partial charge is 0.354 e. The first-order chi connectivity index (χ1) is 13.4. The highest BCUT2D eigenvalue weighted by Gasteiger charge is 2.31. The number of pyridine rings is 1. The molecular weight excluding hydrogens is 371 g/mol. The van der Waals surface area contributed by atoms with Crippen molar-refractivity contribution in [2.24, 2.45) is 0 Å². The van der Waals surface area contributed by atoms with Crippen LogP contribution in [0.4, 0.5) is 19.0 Å². The number of anilines is 1. The van der Waals surface area contributed by atoms with E-state index in [4.69, 9.17) is 0 Å². The third-order valence-electron chi connectivity index (χ3n) is 4.81. The summed E-state index contributed by atoms with van der Waals surface area (Å²) in [6.07, 6.45) is -3.51. The van der Waals surface area contributed by atoms with E-state index in [-0.39, 0.29) is 5.56 Å². The molecule has 0 spiro atoms. The number of para-hydroxylation sites is 1. The van der Waals surface area contributed by atoms with Crippen molar-refractivity contribution in [3.8, 4) is 0 Å². The Morgan fingerprint density at radius 3 is 2.46 bits per heavy atom. The number of piperazine rings is 1. The highest BCUT2D eigenvalue weighted by Crippen LogP contribution is 2.29. The second-order valence-corrected chi connectivity index (χ2v) is 6.70. The first-order valence-corrected chi connectivity index (χ1v) is 8.89. The van der Waals surface area contributed by atoms with Crippen LogP contribution in [0.15, 0.2) is 47.4 Å². The Labute approximate surface area is 158 Å². The van der Waals surface area contributed by atoms with Gasteiger partial charge in [0.2, 0.25) is 0 Å². The average Bonchev–Trinajstić information content (AvgIpc) is 2.68. The van der Waals surface area contributed by atoms with Crippen LogP contribution in [-0.4, -0.2) is 46.0 Å². The average molecular weight is 389 g/mol. The Bertz CT molecular complexity index is 1020. The normalized spacial score (nSPS) is 15.9. The molecule has 3 aromatic rings. The van der Waals surface area contributed by atoms with Crippen molar-refractivity contribution in [1.29, 1.82) is 0 Å². The summed E-state index contributed by atoms with van der Waals surface area (Å²) in [6.45, 7) is 3.17. The fraction of sp³-hybridized carbons (Fsp3) is 0.316. The molecule has 0 aliphatic carbocycles. The number of H-pyrrole nitrogens is 1. The number of nitrogens with zero attached hydrogens (tertiary/aromatic N) is 4. The number of alkyl halides is 3. The van der Waals surface area contributed by atoms with E-state index >= 15 is 0 Å². The first kappa shape index (κ1) is 18.4. The van der Waals surface area contributed by atoms with Crippen molar-refractivity contribution in [2.75, 3.05) is 31.1 Å². The molecule has 1 aliphatic heterocycles. The summed E-state index contributed by atoms with van der Waals surface area (Å²) < 4.78 is 38.0. The van der Waals surface area contributed by atoms with Crippen LogP contribution in [0.3, 0.4) is 0 Å². The van der Waals surface area contributed by atoms with Crippen molar-refractivity contribution < 1.29 is 13.2 Å². The van der Waals surface area contributed by atoms with Gasteiger partial charge >= 0.3 is 6.18 Å². The molecule has 1 N–H and O–H groups in total. The molecule has 2 aromatic heterocycles. The molecule has 0 radical (unpaired) electrons. The maximum Gasteiger partial charge on any atom is 0.417 e. The molecule has 1 saturated heterocycles. The van der Waals surface area contributed by atoms with Gasteiger partial charge in [0.15, 0.2) is 0 Å². The molecule has 0 unspecified atom stereocenters. The van der Waals surface area contributed by atoms with Crippen LogP contribution in [0.1, 0.15) is 11.4 Å². The molecule has 0 bridgehead atoms. The van der Waals surface area contributed by atoms with Gasteiger partial charge in [-0.25, -0.2) is 9.97 Å². The minimum Gasteiger partial charge on any atom is -0.354 e. The van der Waals surface area contributed by atoms with Gasteiger partial charge in [-0.15, -0.1) is 0 Å². The largest absolute Gasteiger partial charge is 0.417 e. The van der Waals surface area contributed by atoms with Crippen LogP contribution < -0.4 is 10.5 Å². The number of aromatic nitrogens is 3. The predicted octanol–water partition coefficient (Wildman–Crippen LogP) is 2.66. The number of hydrogen-bond acceptors (Lipinski definition) is 5. The highest BCUT2D eigenvalue weighted by atomic mass is 19.4. The van der Waals surface area contributed by atoms with Crippen molar-refractivity contribution in [2.45, 2.75) is 12.7 Å². The van der Waals surface area contributed by atoms with Gasteiger partial charge < -0.3 is 9.88 Å². The van der Waals surface area contributed by atoms with E-state index in [9.17, 15) is 18.0 Å². The minimum atomic E-state index is -4.38. The molecule has 1 aliphatic rings. The van der Waals surface area contributed by atoms with Crippen molar-refractivity contribution in [1.82, 2.24) is 19.9 Å². The zero-order valence-electron chi connectivity index (χ0n) is 14.9. The number of nitrogens with one attached hydrogen (secondary N) is 1. The third-order valence-corrected chi connectivity index (χ3v) is 4.81. The molecule has 9 heteroatoms. The van der Waals surface area contributed by atoms with E-state index in [1.54, 1.807) is 12.1 Å². The van der Waals surface area contributed by atoms with Gasteiger partial charge in [0.05, 0.1) is 23.0 Å². The monoisotopic (exact) mass is 389 g/mol. The van der Waals surface area contributed by atoms with Crippen molar-refractivity contribution in [3.63, 3.8) is 0 Å². The maximum absolute atomic E-state index is 12.7. The number of hydrogen-bond donors (Lipinski definition) is 1. The Hall–Kier alpha value is -2.94. The Morgan fingerprint density at radius 2 is 1.79 bits per heavy atom. The van der Waals surface area contributed by atoms with Crippen molar-refractivity contribution in [3.05, 3.63) is 64.3 Å². The highest BCUT2D eigenvalue weighted by molar-refractivity contribution is 5.77. The molecule has 146 valence electrons. The molecule has 3 heterocycles. The number of benzene rings is 1. The lowest BCUT2D eigenvalue weighted by atomic mass is 10.2. The van der Waals surface area contributed by atoms with Crippen molar-refractivity contribution >= 4 is 16.7 Å². The fourth-order valence-corrected chi connectivity index (χ4v) is 3.30. The van der Waals surface area contributed by atoms with Crippen LogP contribution in [0.25, 0.3) is 10.9 Å². The van der Waals surface area contributed by atoms with Crippen LogP contribution >= 0.6 is 0 Å². The topological polar surface area (TPSA) is 65.1 Å². The molecule has 28 heavy (non-hydrogen) atoms. The number of halogens is 3. The van der Waals surface area contributed by atoms with E-state index in [1.807, 2.05) is 17.0 Å². The second-order valence-electron chi connectivity index (χ2n) is 6.70.